The van der Waals surface area contributed by atoms with E-state index in [4.69, 9.17) is 9.15 Å². The lowest BCUT2D eigenvalue weighted by atomic mass is 10.2. The maximum atomic E-state index is 5.27. The topological polar surface area (TPSA) is 46.8 Å². The molecule has 0 aliphatic heterocycles. The van der Waals surface area contributed by atoms with Gasteiger partial charge in [-0.1, -0.05) is 18.2 Å². The second-order valence-electron chi connectivity index (χ2n) is 3.82. The molecule has 0 saturated carbocycles. The van der Waals surface area contributed by atoms with Crippen LogP contribution in [0.1, 0.15) is 18.2 Å². The molecular weight excluding hydrogens is 228 g/mol. The van der Waals surface area contributed by atoms with Gasteiger partial charge in [0.2, 0.25) is 0 Å². The normalized spacial score (nSPS) is 11.3. The number of para-hydroxylation sites is 1. The van der Waals surface area contributed by atoms with E-state index < -0.39 is 0 Å². The molecule has 0 spiro atoms. The van der Waals surface area contributed by atoms with Crippen molar-refractivity contribution in [2.75, 3.05) is 7.11 Å². The van der Waals surface area contributed by atoms with E-state index in [-0.39, 0.29) is 0 Å². The molecule has 1 N–H and O–H groups in total. The van der Waals surface area contributed by atoms with Crippen LogP contribution in [0.2, 0.25) is 0 Å². The summed E-state index contributed by atoms with van der Waals surface area (Å²) in [5, 5.41) is 4.25. The second-order valence-corrected chi connectivity index (χ2v) is 3.82. The van der Waals surface area contributed by atoms with E-state index in [1.165, 1.54) is 0 Å². The summed E-state index contributed by atoms with van der Waals surface area (Å²) in [6, 6.07) is 11.6. The second kappa shape index (κ2) is 5.91. The minimum Gasteiger partial charge on any atom is -0.496 e. The fourth-order valence-corrected chi connectivity index (χ4v) is 1.63. The van der Waals surface area contributed by atoms with Crippen LogP contribution in [0.5, 0.6) is 5.75 Å². The number of hydrazone groups is 1. The van der Waals surface area contributed by atoms with Gasteiger partial charge in [0, 0.05) is 5.56 Å². The third kappa shape index (κ3) is 2.91. The summed E-state index contributed by atoms with van der Waals surface area (Å²) in [5.41, 5.74) is 4.89. The van der Waals surface area contributed by atoms with Gasteiger partial charge in [-0.25, -0.2) is 0 Å². The van der Waals surface area contributed by atoms with Gasteiger partial charge in [-0.05, 0) is 25.1 Å². The average Bonchev–Trinajstić information content (AvgIpc) is 2.93. The highest BCUT2D eigenvalue weighted by Gasteiger charge is 2.01. The van der Waals surface area contributed by atoms with Crippen molar-refractivity contribution in [2.45, 2.75) is 13.5 Å². The summed E-state index contributed by atoms with van der Waals surface area (Å²) < 4.78 is 10.5. The fraction of sp³-hybridized carbons (Fsp3) is 0.214. The van der Waals surface area contributed by atoms with E-state index in [0.717, 1.165) is 22.8 Å². The highest BCUT2D eigenvalue weighted by Crippen LogP contribution is 2.16. The third-order valence-corrected chi connectivity index (χ3v) is 2.59. The van der Waals surface area contributed by atoms with Crippen LogP contribution in [0.4, 0.5) is 0 Å². The van der Waals surface area contributed by atoms with Gasteiger partial charge >= 0.3 is 0 Å². The van der Waals surface area contributed by atoms with Crippen LogP contribution in [-0.2, 0) is 6.54 Å². The first-order chi connectivity index (χ1) is 8.81. The first-order valence-corrected chi connectivity index (χ1v) is 5.74. The van der Waals surface area contributed by atoms with Crippen molar-refractivity contribution in [3.8, 4) is 5.75 Å². The van der Waals surface area contributed by atoms with Crippen LogP contribution < -0.4 is 10.2 Å². The molecule has 2 aromatic rings. The number of hydrogen-bond acceptors (Lipinski definition) is 4. The van der Waals surface area contributed by atoms with Gasteiger partial charge in [0.1, 0.15) is 11.5 Å². The quantitative estimate of drug-likeness (QED) is 0.650. The van der Waals surface area contributed by atoms with E-state index >= 15 is 0 Å². The Morgan fingerprint density at radius 2 is 2.11 bits per heavy atom. The average molecular weight is 244 g/mol. The Bertz CT molecular complexity index is 518. The highest BCUT2D eigenvalue weighted by molar-refractivity contribution is 5.95. The Labute approximate surface area is 106 Å². The molecular formula is C14H16N2O2. The Hall–Kier alpha value is -2.23. The first-order valence-electron chi connectivity index (χ1n) is 5.74. The van der Waals surface area contributed by atoms with Crippen molar-refractivity contribution in [3.05, 3.63) is 54.0 Å². The lowest BCUT2D eigenvalue weighted by Gasteiger charge is -2.07. The Morgan fingerprint density at radius 3 is 2.83 bits per heavy atom. The largest absolute Gasteiger partial charge is 0.496 e. The Morgan fingerprint density at radius 1 is 1.28 bits per heavy atom. The van der Waals surface area contributed by atoms with Crippen LogP contribution in [0.25, 0.3) is 0 Å². The number of nitrogens with zero attached hydrogens (tertiary/aromatic N) is 1. The molecule has 0 radical (unpaired) electrons. The number of rotatable bonds is 5. The summed E-state index contributed by atoms with van der Waals surface area (Å²) in [6.07, 6.45) is 1.63. The molecule has 0 unspecified atom stereocenters. The Kier molecular flexibility index (Phi) is 4.02. The fourth-order valence-electron chi connectivity index (χ4n) is 1.63. The smallest absolute Gasteiger partial charge is 0.149 e. The van der Waals surface area contributed by atoms with Gasteiger partial charge in [-0.15, -0.1) is 0 Å². The van der Waals surface area contributed by atoms with E-state index in [9.17, 15) is 0 Å². The van der Waals surface area contributed by atoms with Crippen molar-refractivity contribution in [3.63, 3.8) is 0 Å². The summed E-state index contributed by atoms with van der Waals surface area (Å²) in [7, 11) is 1.66. The zero-order valence-corrected chi connectivity index (χ0v) is 10.5. The van der Waals surface area contributed by atoms with E-state index in [1.54, 1.807) is 13.4 Å². The molecule has 0 fully saturated rings. The molecule has 0 amide bonds. The molecule has 0 bridgehead atoms. The molecule has 0 aliphatic carbocycles. The van der Waals surface area contributed by atoms with Crippen molar-refractivity contribution < 1.29 is 9.15 Å². The van der Waals surface area contributed by atoms with Gasteiger partial charge in [-0.2, -0.15) is 5.10 Å². The molecule has 0 atom stereocenters. The van der Waals surface area contributed by atoms with Crippen LogP contribution in [-0.4, -0.2) is 12.8 Å². The molecule has 0 aliphatic rings. The highest BCUT2D eigenvalue weighted by atomic mass is 16.5. The molecule has 4 nitrogen and oxygen atoms in total. The molecule has 1 heterocycles. The predicted molar refractivity (Wildman–Crippen MR) is 70.8 cm³/mol. The number of benzene rings is 1. The number of ether oxygens (including phenoxy) is 1. The van der Waals surface area contributed by atoms with E-state index in [2.05, 4.69) is 10.5 Å². The summed E-state index contributed by atoms with van der Waals surface area (Å²) >= 11 is 0. The summed E-state index contributed by atoms with van der Waals surface area (Å²) in [5.74, 6) is 1.62. The first kappa shape index (κ1) is 12.2. The lowest BCUT2D eigenvalue weighted by molar-refractivity contribution is 0.408. The summed E-state index contributed by atoms with van der Waals surface area (Å²) in [4.78, 5) is 0. The molecule has 94 valence electrons. The lowest BCUT2D eigenvalue weighted by Crippen LogP contribution is -2.09. The zero-order chi connectivity index (χ0) is 12.8. The van der Waals surface area contributed by atoms with Crippen molar-refractivity contribution in [1.82, 2.24) is 5.43 Å². The Balaban J connectivity index is 1.98. The molecule has 1 aromatic carbocycles. The zero-order valence-electron chi connectivity index (χ0n) is 10.5. The van der Waals surface area contributed by atoms with Gasteiger partial charge in [0.05, 0.1) is 25.6 Å². The number of furan rings is 1. The van der Waals surface area contributed by atoms with Crippen LogP contribution in [0.3, 0.4) is 0 Å². The predicted octanol–water partition coefficient (Wildman–Crippen LogP) is 2.80. The van der Waals surface area contributed by atoms with Crippen molar-refractivity contribution >= 4 is 5.71 Å². The van der Waals surface area contributed by atoms with Gasteiger partial charge in [0.25, 0.3) is 0 Å². The van der Waals surface area contributed by atoms with Gasteiger partial charge in [0.15, 0.2) is 0 Å². The molecule has 0 saturated heterocycles. The molecule has 2 rings (SSSR count). The number of hydrogen-bond donors (Lipinski definition) is 1. The van der Waals surface area contributed by atoms with Crippen LogP contribution >= 0.6 is 0 Å². The molecule has 4 heteroatoms. The van der Waals surface area contributed by atoms with Crippen molar-refractivity contribution in [2.24, 2.45) is 5.10 Å². The SMILES string of the molecule is COc1ccccc1CN/N=C(/C)c1ccco1. The van der Waals surface area contributed by atoms with E-state index in [0.29, 0.717) is 6.54 Å². The van der Waals surface area contributed by atoms with Gasteiger partial charge < -0.3 is 14.6 Å². The molecule has 1 aromatic heterocycles. The maximum absolute atomic E-state index is 5.27. The van der Waals surface area contributed by atoms with E-state index in [1.807, 2.05) is 43.3 Å². The monoisotopic (exact) mass is 244 g/mol. The maximum Gasteiger partial charge on any atom is 0.149 e. The minimum absolute atomic E-state index is 0.613. The molecule has 18 heavy (non-hydrogen) atoms. The van der Waals surface area contributed by atoms with Crippen LogP contribution in [0.15, 0.2) is 52.2 Å². The third-order valence-electron chi connectivity index (χ3n) is 2.59. The summed E-state index contributed by atoms with van der Waals surface area (Å²) in [6.45, 7) is 2.51. The number of nitrogens with one attached hydrogen (secondary N) is 1. The van der Waals surface area contributed by atoms with Gasteiger partial charge in [-0.3, -0.25) is 0 Å². The standard InChI is InChI=1S/C14H16N2O2/c1-11(13-8-5-9-18-13)16-15-10-12-6-3-4-7-14(12)17-2/h3-9,15H,10H2,1-2H3/b16-11-. The van der Waals surface area contributed by atoms with Crippen molar-refractivity contribution in [1.29, 1.82) is 0 Å². The van der Waals surface area contributed by atoms with Crippen LogP contribution in [0, 0.1) is 0 Å². The minimum atomic E-state index is 0.613. The number of methoxy groups -OCH3 is 1.